The highest BCUT2D eigenvalue weighted by atomic mass is 32.1. The number of hydrogen-bond acceptors (Lipinski definition) is 4. The topological polar surface area (TPSA) is 39.2 Å². The molecule has 0 spiro atoms. The molecular weight excluding hydrogens is 210 g/mol. The average Bonchev–Trinajstić information content (AvgIpc) is 2.66. The van der Waals surface area contributed by atoms with Crippen LogP contribution in [0.3, 0.4) is 0 Å². The quantitative estimate of drug-likeness (QED) is 0.726. The Morgan fingerprint density at radius 1 is 1.60 bits per heavy atom. The third-order valence-electron chi connectivity index (χ3n) is 2.27. The van der Waals surface area contributed by atoms with Gasteiger partial charge in [0.05, 0.1) is 17.5 Å². The first-order valence-electron chi connectivity index (χ1n) is 5.20. The second kappa shape index (κ2) is 5.85. The summed E-state index contributed by atoms with van der Waals surface area (Å²) in [4.78, 5) is 15.9. The van der Waals surface area contributed by atoms with Gasteiger partial charge in [-0.1, -0.05) is 13.8 Å². The third-order valence-corrected chi connectivity index (χ3v) is 3.07. The van der Waals surface area contributed by atoms with Gasteiger partial charge in [0, 0.05) is 18.0 Å². The standard InChI is InChI=1S/C11H17NO2S/c1-4-14-11(13)9(8(2)3)7-10-12-5-6-15-10/h5-6,8-9H,4,7H2,1-3H3. The third kappa shape index (κ3) is 3.63. The van der Waals surface area contributed by atoms with Crippen molar-refractivity contribution in [2.45, 2.75) is 27.2 Å². The van der Waals surface area contributed by atoms with Gasteiger partial charge in [0.1, 0.15) is 0 Å². The Kier molecular flexibility index (Phi) is 4.75. The van der Waals surface area contributed by atoms with E-state index in [0.717, 1.165) is 5.01 Å². The van der Waals surface area contributed by atoms with E-state index in [1.807, 2.05) is 26.2 Å². The summed E-state index contributed by atoms with van der Waals surface area (Å²) in [7, 11) is 0. The van der Waals surface area contributed by atoms with Crippen molar-refractivity contribution in [3.8, 4) is 0 Å². The highest BCUT2D eigenvalue weighted by Crippen LogP contribution is 2.20. The first-order chi connectivity index (χ1) is 7.15. The number of ether oxygens (including phenoxy) is 1. The van der Waals surface area contributed by atoms with E-state index in [0.29, 0.717) is 13.0 Å². The normalized spacial score (nSPS) is 12.8. The van der Waals surface area contributed by atoms with E-state index in [1.54, 1.807) is 17.5 Å². The highest BCUT2D eigenvalue weighted by Gasteiger charge is 2.24. The number of nitrogens with zero attached hydrogens (tertiary/aromatic N) is 1. The number of carbonyl (C=O) groups is 1. The van der Waals surface area contributed by atoms with E-state index < -0.39 is 0 Å². The molecule has 3 nitrogen and oxygen atoms in total. The number of aromatic nitrogens is 1. The fraction of sp³-hybridized carbons (Fsp3) is 0.636. The van der Waals surface area contributed by atoms with Gasteiger partial charge in [0.25, 0.3) is 0 Å². The maximum absolute atomic E-state index is 11.7. The van der Waals surface area contributed by atoms with Gasteiger partial charge in [-0.2, -0.15) is 0 Å². The first-order valence-corrected chi connectivity index (χ1v) is 6.08. The monoisotopic (exact) mass is 227 g/mol. The SMILES string of the molecule is CCOC(=O)C(Cc1nccs1)C(C)C. The van der Waals surface area contributed by atoms with Gasteiger partial charge in [-0.25, -0.2) is 4.98 Å². The van der Waals surface area contributed by atoms with Crippen LogP contribution in [0.15, 0.2) is 11.6 Å². The van der Waals surface area contributed by atoms with E-state index in [2.05, 4.69) is 4.98 Å². The lowest BCUT2D eigenvalue weighted by molar-refractivity contribution is -0.149. The summed E-state index contributed by atoms with van der Waals surface area (Å²) in [5.74, 6) is 0.103. The molecule has 1 aromatic heterocycles. The van der Waals surface area contributed by atoms with E-state index in [-0.39, 0.29) is 17.8 Å². The molecule has 4 heteroatoms. The van der Waals surface area contributed by atoms with Crippen LogP contribution in [-0.4, -0.2) is 17.6 Å². The van der Waals surface area contributed by atoms with Crippen molar-refractivity contribution in [2.24, 2.45) is 11.8 Å². The van der Waals surface area contributed by atoms with Crippen molar-refractivity contribution in [3.05, 3.63) is 16.6 Å². The van der Waals surface area contributed by atoms with Crippen LogP contribution in [0.2, 0.25) is 0 Å². The predicted octanol–water partition coefficient (Wildman–Crippen LogP) is 2.52. The van der Waals surface area contributed by atoms with Crippen molar-refractivity contribution < 1.29 is 9.53 Å². The lowest BCUT2D eigenvalue weighted by atomic mass is 9.93. The molecule has 1 unspecified atom stereocenters. The lowest BCUT2D eigenvalue weighted by Crippen LogP contribution is -2.24. The van der Waals surface area contributed by atoms with E-state index >= 15 is 0 Å². The molecule has 0 amide bonds. The predicted molar refractivity (Wildman–Crippen MR) is 60.8 cm³/mol. The van der Waals surface area contributed by atoms with Gasteiger partial charge in [0.2, 0.25) is 0 Å². The molecule has 1 aromatic rings. The average molecular weight is 227 g/mol. The number of rotatable bonds is 5. The minimum absolute atomic E-state index is 0.0731. The van der Waals surface area contributed by atoms with Crippen molar-refractivity contribution in [2.75, 3.05) is 6.61 Å². The second-order valence-electron chi connectivity index (χ2n) is 3.73. The van der Waals surface area contributed by atoms with Gasteiger partial charge in [0.15, 0.2) is 0 Å². The fourth-order valence-corrected chi connectivity index (χ4v) is 2.06. The highest BCUT2D eigenvalue weighted by molar-refractivity contribution is 7.09. The molecule has 1 heterocycles. The van der Waals surface area contributed by atoms with Crippen molar-refractivity contribution in [1.29, 1.82) is 0 Å². The minimum Gasteiger partial charge on any atom is -0.466 e. The van der Waals surface area contributed by atoms with Crippen molar-refractivity contribution >= 4 is 17.3 Å². The Bertz CT molecular complexity index is 296. The van der Waals surface area contributed by atoms with Gasteiger partial charge < -0.3 is 4.74 Å². The van der Waals surface area contributed by atoms with Crippen LogP contribution in [-0.2, 0) is 16.0 Å². The molecule has 84 valence electrons. The van der Waals surface area contributed by atoms with Gasteiger partial charge in [-0.05, 0) is 12.8 Å². The summed E-state index contributed by atoms with van der Waals surface area (Å²) in [6.07, 6.45) is 2.46. The number of carbonyl (C=O) groups excluding carboxylic acids is 1. The Morgan fingerprint density at radius 3 is 2.80 bits per heavy atom. The molecule has 0 fully saturated rings. The maximum Gasteiger partial charge on any atom is 0.309 e. The fourth-order valence-electron chi connectivity index (χ4n) is 1.38. The molecule has 0 aliphatic heterocycles. The van der Waals surface area contributed by atoms with Crippen LogP contribution in [0, 0.1) is 11.8 Å². The Hall–Kier alpha value is -0.900. The zero-order valence-electron chi connectivity index (χ0n) is 9.40. The van der Waals surface area contributed by atoms with Gasteiger partial charge in [-0.15, -0.1) is 11.3 Å². The zero-order valence-corrected chi connectivity index (χ0v) is 10.2. The maximum atomic E-state index is 11.7. The van der Waals surface area contributed by atoms with Crippen LogP contribution in [0.25, 0.3) is 0 Å². The molecule has 0 aliphatic carbocycles. The molecule has 0 bridgehead atoms. The van der Waals surface area contributed by atoms with Crippen LogP contribution in [0.4, 0.5) is 0 Å². The largest absolute Gasteiger partial charge is 0.466 e. The molecular formula is C11H17NO2S. The van der Waals surface area contributed by atoms with E-state index in [4.69, 9.17) is 4.74 Å². The lowest BCUT2D eigenvalue weighted by Gasteiger charge is -2.17. The Balaban J connectivity index is 2.62. The van der Waals surface area contributed by atoms with E-state index in [9.17, 15) is 4.79 Å². The summed E-state index contributed by atoms with van der Waals surface area (Å²) < 4.78 is 5.05. The first kappa shape index (κ1) is 12.2. The van der Waals surface area contributed by atoms with Crippen molar-refractivity contribution in [3.63, 3.8) is 0 Å². The Morgan fingerprint density at radius 2 is 2.33 bits per heavy atom. The summed E-state index contributed by atoms with van der Waals surface area (Å²) >= 11 is 1.59. The molecule has 0 radical (unpaired) electrons. The molecule has 0 saturated heterocycles. The van der Waals surface area contributed by atoms with Crippen LogP contribution >= 0.6 is 11.3 Å². The molecule has 1 rings (SSSR count). The van der Waals surface area contributed by atoms with Gasteiger partial charge >= 0.3 is 5.97 Å². The summed E-state index contributed by atoms with van der Waals surface area (Å²) in [6.45, 7) is 6.35. The zero-order chi connectivity index (χ0) is 11.3. The number of hydrogen-bond donors (Lipinski definition) is 0. The molecule has 0 aliphatic rings. The molecule has 15 heavy (non-hydrogen) atoms. The smallest absolute Gasteiger partial charge is 0.309 e. The molecule has 1 atom stereocenters. The van der Waals surface area contributed by atoms with E-state index in [1.165, 1.54) is 0 Å². The van der Waals surface area contributed by atoms with Crippen LogP contribution < -0.4 is 0 Å². The van der Waals surface area contributed by atoms with Gasteiger partial charge in [-0.3, -0.25) is 4.79 Å². The summed E-state index contributed by atoms with van der Waals surface area (Å²) in [5.41, 5.74) is 0. The Labute approximate surface area is 94.5 Å². The molecule has 0 saturated carbocycles. The van der Waals surface area contributed by atoms with Crippen LogP contribution in [0.1, 0.15) is 25.8 Å². The van der Waals surface area contributed by atoms with Crippen LogP contribution in [0.5, 0.6) is 0 Å². The second-order valence-corrected chi connectivity index (χ2v) is 4.71. The summed E-state index contributed by atoms with van der Waals surface area (Å²) in [5, 5.41) is 2.93. The number of thiazole rings is 1. The molecule has 0 N–H and O–H groups in total. The molecule has 0 aromatic carbocycles. The number of esters is 1. The van der Waals surface area contributed by atoms with Crippen molar-refractivity contribution in [1.82, 2.24) is 4.98 Å². The minimum atomic E-state index is -0.109. The summed E-state index contributed by atoms with van der Waals surface area (Å²) in [6, 6.07) is 0.